The highest BCUT2D eigenvalue weighted by Crippen LogP contribution is 2.67. The third-order valence-electron chi connectivity index (χ3n) is 7.16. The molecular weight excluding hydrogens is 494 g/mol. The van der Waals surface area contributed by atoms with Gasteiger partial charge in [0.2, 0.25) is 5.79 Å². The number of ether oxygens (including phenoxy) is 2. The van der Waals surface area contributed by atoms with Crippen molar-refractivity contribution in [1.29, 1.82) is 0 Å². The number of hydrogen-bond acceptors (Lipinski definition) is 13. The van der Waals surface area contributed by atoms with Crippen LogP contribution in [0.25, 0.3) is 0 Å². The molecule has 2 aromatic rings. The van der Waals surface area contributed by atoms with E-state index in [-0.39, 0.29) is 13.1 Å². The van der Waals surface area contributed by atoms with E-state index in [1.54, 1.807) is 35.1 Å². The van der Waals surface area contributed by atoms with E-state index in [1.165, 1.54) is 36.9 Å². The summed E-state index contributed by atoms with van der Waals surface area (Å²) in [6, 6.07) is -1.83. The predicted octanol–water partition coefficient (Wildman–Crippen LogP) is 0.204. The van der Waals surface area contributed by atoms with Gasteiger partial charge in [0.05, 0.1) is 26.3 Å². The molecule has 0 spiro atoms. The van der Waals surface area contributed by atoms with Crippen molar-refractivity contribution in [2.75, 3.05) is 61.5 Å². The van der Waals surface area contributed by atoms with Gasteiger partial charge in [0.15, 0.2) is 10.8 Å². The number of aromatic nitrogens is 2. The van der Waals surface area contributed by atoms with E-state index in [4.69, 9.17) is 9.47 Å². The molecule has 4 heterocycles. The van der Waals surface area contributed by atoms with Crippen molar-refractivity contribution in [2.24, 2.45) is 10.8 Å². The van der Waals surface area contributed by atoms with E-state index in [9.17, 15) is 19.8 Å². The molecule has 2 aliphatic heterocycles. The Labute approximate surface area is 211 Å². The molecule has 192 valence electrons. The molecule has 11 nitrogen and oxygen atoms in total. The zero-order valence-electron chi connectivity index (χ0n) is 20.4. The number of carbonyl (C=O) groups excluding carboxylic acids is 2. The van der Waals surface area contributed by atoms with Crippen LogP contribution in [-0.4, -0.2) is 114 Å². The molecule has 4 atom stereocenters. The molecule has 2 aliphatic rings. The lowest BCUT2D eigenvalue weighted by atomic mass is 9.52. The van der Waals surface area contributed by atoms with Crippen molar-refractivity contribution in [3.05, 3.63) is 33.2 Å². The summed E-state index contributed by atoms with van der Waals surface area (Å²) in [7, 11) is 7.99. The van der Waals surface area contributed by atoms with Crippen LogP contribution in [0.5, 0.6) is 0 Å². The fourth-order valence-electron chi connectivity index (χ4n) is 5.81. The maximum Gasteiger partial charge on any atom is 0.320 e. The third kappa shape index (κ3) is 3.64. The van der Waals surface area contributed by atoms with Crippen LogP contribution >= 0.6 is 22.7 Å². The summed E-state index contributed by atoms with van der Waals surface area (Å²) in [5, 5.41) is 28.9. The zero-order valence-corrected chi connectivity index (χ0v) is 22.0. The first-order valence-corrected chi connectivity index (χ1v) is 12.8. The van der Waals surface area contributed by atoms with Crippen molar-refractivity contribution in [3.8, 4) is 0 Å². The number of hydrogen-bond donors (Lipinski definition) is 2. The van der Waals surface area contributed by atoms with Crippen LogP contribution in [0.4, 0.5) is 0 Å². The van der Waals surface area contributed by atoms with Gasteiger partial charge in [-0.3, -0.25) is 14.5 Å². The van der Waals surface area contributed by atoms with Crippen LogP contribution in [-0.2, 0) is 19.1 Å². The first kappa shape index (κ1) is 26.1. The normalized spacial score (nSPS) is 30.9. The van der Waals surface area contributed by atoms with E-state index in [0.717, 1.165) is 0 Å². The monoisotopic (exact) mass is 525 g/mol. The highest BCUT2D eigenvalue weighted by Gasteiger charge is 2.83. The fraction of sp³-hybridized carbons (Fsp3) is 0.636. The Hall–Kier alpha value is -2.00. The molecule has 0 amide bonds. The third-order valence-corrected chi connectivity index (χ3v) is 8.81. The second kappa shape index (κ2) is 9.47. The Morgan fingerprint density at radius 1 is 1.03 bits per heavy atom. The van der Waals surface area contributed by atoms with Gasteiger partial charge in [-0.05, 0) is 21.1 Å². The lowest BCUT2D eigenvalue weighted by Gasteiger charge is -2.67. The van der Waals surface area contributed by atoms with Gasteiger partial charge in [-0.25, -0.2) is 9.97 Å². The van der Waals surface area contributed by atoms with Crippen LogP contribution in [0.1, 0.15) is 22.1 Å². The van der Waals surface area contributed by atoms with Crippen LogP contribution in [0.2, 0.25) is 0 Å². The largest absolute Gasteiger partial charge is 0.468 e. The van der Waals surface area contributed by atoms with Crippen molar-refractivity contribution < 1.29 is 29.3 Å². The number of esters is 2. The van der Waals surface area contributed by atoms with Gasteiger partial charge in [0.1, 0.15) is 10.0 Å². The Kier molecular flexibility index (Phi) is 7.05. The molecular formula is C22H31N5O6S2. The number of carbonyl (C=O) groups is 2. The molecule has 2 aromatic heterocycles. The average molecular weight is 526 g/mol. The second-order valence-corrected chi connectivity index (χ2v) is 11.2. The predicted molar refractivity (Wildman–Crippen MR) is 129 cm³/mol. The van der Waals surface area contributed by atoms with Gasteiger partial charge < -0.3 is 29.5 Å². The van der Waals surface area contributed by atoms with E-state index < -0.39 is 40.6 Å². The number of fused-ring (bicyclic) bond motifs is 2. The summed E-state index contributed by atoms with van der Waals surface area (Å²) in [4.78, 5) is 42.1. The minimum Gasteiger partial charge on any atom is -0.468 e. The number of rotatable bonds is 7. The van der Waals surface area contributed by atoms with Gasteiger partial charge >= 0.3 is 11.9 Å². The summed E-state index contributed by atoms with van der Waals surface area (Å²) >= 11 is 2.61. The first-order chi connectivity index (χ1) is 16.6. The molecule has 2 N–H and O–H groups in total. The molecule has 4 rings (SSSR count). The van der Waals surface area contributed by atoms with Gasteiger partial charge in [-0.2, -0.15) is 0 Å². The topological polar surface area (TPSA) is 129 Å². The fourth-order valence-corrected chi connectivity index (χ4v) is 7.51. The van der Waals surface area contributed by atoms with E-state index >= 15 is 0 Å². The molecule has 0 aliphatic carbocycles. The van der Waals surface area contributed by atoms with E-state index in [0.29, 0.717) is 23.1 Å². The van der Waals surface area contributed by atoms with Gasteiger partial charge in [0.25, 0.3) is 0 Å². The number of aliphatic hydroxyl groups is 2. The molecule has 0 aromatic carbocycles. The highest BCUT2D eigenvalue weighted by atomic mass is 32.1. The first-order valence-electron chi connectivity index (χ1n) is 11.1. The second-order valence-electron chi connectivity index (χ2n) is 9.36. The van der Waals surface area contributed by atoms with Gasteiger partial charge in [-0.1, -0.05) is 0 Å². The number of likely N-dealkylation sites (N-methyl/N-ethyl adjacent to an activating group) is 1. The standard InChI is InChI=1S/C22H31N5O6S2/c1-25(2)8-9-27-14(16-23-6-10-34-16)20(18(28)32-4)12-26(3)13-21(19(29)33-5,22(20,30)31)15(27)17-24-7-11-35-17/h6-7,10-11,14-15,30-31H,8-9,12-13H2,1-5H3. The average Bonchev–Trinajstić information content (AvgIpc) is 3.52. The Balaban J connectivity index is 2.11. The number of thiazole rings is 2. The van der Waals surface area contributed by atoms with Crippen molar-refractivity contribution >= 4 is 34.6 Å². The Morgan fingerprint density at radius 3 is 1.83 bits per heavy atom. The maximum absolute atomic E-state index is 13.7. The van der Waals surface area contributed by atoms with Gasteiger partial charge in [0, 0.05) is 49.3 Å². The number of nitrogens with zero attached hydrogens (tertiary/aromatic N) is 5. The Morgan fingerprint density at radius 2 is 1.49 bits per heavy atom. The van der Waals surface area contributed by atoms with E-state index in [1.807, 2.05) is 23.9 Å². The number of likely N-dealkylation sites (tertiary alicyclic amines) is 2. The quantitative estimate of drug-likeness (QED) is 0.380. The minimum absolute atomic E-state index is 0.0707. The van der Waals surface area contributed by atoms with Crippen LogP contribution in [0, 0.1) is 10.8 Å². The van der Waals surface area contributed by atoms with Crippen LogP contribution < -0.4 is 0 Å². The molecule has 2 saturated heterocycles. The van der Waals surface area contributed by atoms with Crippen molar-refractivity contribution in [3.63, 3.8) is 0 Å². The van der Waals surface area contributed by atoms with Crippen LogP contribution in [0.15, 0.2) is 23.2 Å². The molecule has 0 saturated carbocycles. The summed E-state index contributed by atoms with van der Waals surface area (Å²) in [5.74, 6) is -4.53. The summed E-state index contributed by atoms with van der Waals surface area (Å²) in [6.07, 6.45) is 3.22. The summed E-state index contributed by atoms with van der Waals surface area (Å²) in [6.45, 7) is 0.814. The van der Waals surface area contributed by atoms with E-state index in [2.05, 4.69) is 9.97 Å². The molecule has 35 heavy (non-hydrogen) atoms. The SMILES string of the molecule is COC(=O)C12CN(C)CC(C(=O)OC)(C(c3nccs3)N(CCN(C)C)C1c1nccs1)C2(O)O. The highest BCUT2D eigenvalue weighted by molar-refractivity contribution is 7.10. The molecule has 13 heteroatoms. The number of piperidine rings is 2. The summed E-state index contributed by atoms with van der Waals surface area (Å²) in [5.41, 5.74) is -3.94. The van der Waals surface area contributed by atoms with Gasteiger partial charge in [-0.15, -0.1) is 22.7 Å². The molecule has 2 bridgehead atoms. The molecule has 4 unspecified atom stereocenters. The smallest absolute Gasteiger partial charge is 0.320 e. The van der Waals surface area contributed by atoms with Crippen molar-refractivity contribution in [1.82, 2.24) is 24.7 Å². The summed E-state index contributed by atoms with van der Waals surface area (Å²) < 4.78 is 10.5. The minimum atomic E-state index is -2.85. The Bertz CT molecular complexity index is 975. The van der Waals surface area contributed by atoms with Crippen LogP contribution in [0.3, 0.4) is 0 Å². The molecule has 2 fully saturated rings. The lowest BCUT2D eigenvalue weighted by Crippen LogP contribution is -2.83. The molecule has 0 radical (unpaired) electrons. The zero-order chi connectivity index (χ0) is 25.6. The number of methoxy groups -OCH3 is 2. The lowest BCUT2D eigenvalue weighted by molar-refractivity contribution is -0.375. The maximum atomic E-state index is 13.7. The van der Waals surface area contributed by atoms with Crippen molar-refractivity contribution in [2.45, 2.75) is 17.9 Å².